The van der Waals surface area contributed by atoms with Gasteiger partial charge in [-0.15, -0.1) is 0 Å². The Kier molecular flexibility index (Phi) is 6.79. The average molecular weight is 507 g/mol. The molecule has 4 aromatic rings. The van der Waals surface area contributed by atoms with E-state index >= 15 is 0 Å². The average Bonchev–Trinajstić information content (AvgIpc) is 2.84. The standard InChI is InChI=1S/C26H23BrN2O4/c1-4-33-20-12-10-19(11-13-20)29-25(14-7-17-5-8-18(27)9-6-17)28-22-16-24(32-3)23(31-2)15-21(22)26(29)30/h5-16H,4H2,1-3H3. The van der Waals surface area contributed by atoms with E-state index in [1.54, 1.807) is 23.8 Å². The molecule has 0 radical (unpaired) electrons. The maximum atomic E-state index is 13.6. The number of nitrogens with zero attached hydrogens (tertiary/aromatic N) is 2. The van der Waals surface area contributed by atoms with Gasteiger partial charge in [0.1, 0.15) is 11.6 Å². The van der Waals surface area contributed by atoms with E-state index in [0.717, 1.165) is 15.8 Å². The predicted octanol–water partition coefficient (Wildman–Crippen LogP) is 5.73. The first-order chi connectivity index (χ1) is 16.0. The van der Waals surface area contributed by atoms with E-state index in [0.29, 0.717) is 40.5 Å². The van der Waals surface area contributed by atoms with Gasteiger partial charge in [0.05, 0.1) is 37.4 Å². The second kappa shape index (κ2) is 9.92. The summed E-state index contributed by atoms with van der Waals surface area (Å²) >= 11 is 3.45. The fourth-order valence-electron chi connectivity index (χ4n) is 3.49. The van der Waals surface area contributed by atoms with Gasteiger partial charge >= 0.3 is 0 Å². The van der Waals surface area contributed by atoms with Crippen molar-refractivity contribution in [1.82, 2.24) is 9.55 Å². The minimum Gasteiger partial charge on any atom is -0.494 e. The molecule has 6 nitrogen and oxygen atoms in total. The summed E-state index contributed by atoms with van der Waals surface area (Å²) in [5.41, 5.74) is 1.98. The molecule has 3 aromatic carbocycles. The second-order valence-electron chi connectivity index (χ2n) is 7.15. The van der Waals surface area contributed by atoms with Gasteiger partial charge in [0.15, 0.2) is 11.5 Å². The number of hydrogen-bond acceptors (Lipinski definition) is 5. The van der Waals surface area contributed by atoms with E-state index in [2.05, 4.69) is 15.9 Å². The molecule has 1 heterocycles. The van der Waals surface area contributed by atoms with Crippen LogP contribution in [0.2, 0.25) is 0 Å². The molecule has 0 aliphatic rings. The third-order valence-corrected chi connectivity index (χ3v) is 5.63. The van der Waals surface area contributed by atoms with Crippen LogP contribution in [0.15, 0.2) is 69.9 Å². The molecule has 0 N–H and O–H groups in total. The lowest BCUT2D eigenvalue weighted by Crippen LogP contribution is -2.22. The fourth-order valence-corrected chi connectivity index (χ4v) is 3.76. The van der Waals surface area contributed by atoms with Gasteiger partial charge in [-0.3, -0.25) is 9.36 Å². The molecule has 0 bridgehead atoms. The summed E-state index contributed by atoms with van der Waals surface area (Å²) in [6.07, 6.45) is 3.75. The Morgan fingerprint density at radius 2 is 1.61 bits per heavy atom. The quantitative estimate of drug-likeness (QED) is 0.320. The van der Waals surface area contributed by atoms with Gasteiger partial charge in [-0.1, -0.05) is 34.1 Å². The second-order valence-corrected chi connectivity index (χ2v) is 8.06. The minimum atomic E-state index is -0.208. The maximum Gasteiger partial charge on any atom is 0.266 e. The van der Waals surface area contributed by atoms with Crippen LogP contribution in [0.5, 0.6) is 17.2 Å². The molecule has 4 rings (SSSR count). The topological polar surface area (TPSA) is 62.6 Å². The fraction of sp³-hybridized carbons (Fsp3) is 0.154. The lowest BCUT2D eigenvalue weighted by Gasteiger charge is -2.14. The van der Waals surface area contributed by atoms with E-state index in [9.17, 15) is 4.79 Å². The number of benzene rings is 3. The van der Waals surface area contributed by atoms with Crippen LogP contribution in [0.1, 0.15) is 18.3 Å². The Balaban J connectivity index is 1.93. The third kappa shape index (κ3) is 4.78. The zero-order valence-electron chi connectivity index (χ0n) is 18.5. The highest BCUT2D eigenvalue weighted by molar-refractivity contribution is 9.10. The van der Waals surface area contributed by atoms with Crippen LogP contribution in [0, 0.1) is 0 Å². The lowest BCUT2D eigenvalue weighted by atomic mass is 10.2. The van der Waals surface area contributed by atoms with Crippen molar-refractivity contribution < 1.29 is 14.2 Å². The first-order valence-electron chi connectivity index (χ1n) is 10.4. The van der Waals surface area contributed by atoms with Crippen LogP contribution in [0.3, 0.4) is 0 Å². The molecule has 0 amide bonds. The summed E-state index contributed by atoms with van der Waals surface area (Å²) in [4.78, 5) is 18.4. The number of halogens is 1. The molecule has 33 heavy (non-hydrogen) atoms. The van der Waals surface area contributed by atoms with Crippen molar-refractivity contribution in [2.75, 3.05) is 20.8 Å². The molecule has 0 unspecified atom stereocenters. The summed E-state index contributed by atoms with van der Waals surface area (Å²) < 4.78 is 18.9. The summed E-state index contributed by atoms with van der Waals surface area (Å²) in [5.74, 6) is 2.21. The number of aromatic nitrogens is 2. The smallest absolute Gasteiger partial charge is 0.266 e. The molecule has 0 aliphatic carbocycles. The zero-order valence-corrected chi connectivity index (χ0v) is 20.1. The van der Waals surface area contributed by atoms with Crippen LogP contribution >= 0.6 is 15.9 Å². The highest BCUT2D eigenvalue weighted by atomic mass is 79.9. The molecule has 0 spiro atoms. The third-order valence-electron chi connectivity index (χ3n) is 5.10. The highest BCUT2D eigenvalue weighted by Crippen LogP contribution is 2.31. The van der Waals surface area contributed by atoms with Crippen molar-refractivity contribution in [3.63, 3.8) is 0 Å². The van der Waals surface area contributed by atoms with Crippen LogP contribution in [0.25, 0.3) is 28.7 Å². The van der Waals surface area contributed by atoms with E-state index in [1.807, 2.05) is 67.6 Å². The van der Waals surface area contributed by atoms with E-state index in [-0.39, 0.29) is 5.56 Å². The molecule has 1 aromatic heterocycles. The van der Waals surface area contributed by atoms with Gasteiger partial charge < -0.3 is 14.2 Å². The monoisotopic (exact) mass is 506 g/mol. The van der Waals surface area contributed by atoms with Crippen LogP contribution in [-0.2, 0) is 0 Å². The Hall–Kier alpha value is -3.58. The summed E-state index contributed by atoms with van der Waals surface area (Å²) in [7, 11) is 3.09. The number of ether oxygens (including phenoxy) is 3. The number of fused-ring (bicyclic) bond motifs is 1. The SMILES string of the molecule is CCOc1ccc(-n2c(C=Cc3ccc(Br)cc3)nc3cc(OC)c(OC)cc3c2=O)cc1. The highest BCUT2D eigenvalue weighted by Gasteiger charge is 2.15. The number of hydrogen-bond donors (Lipinski definition) is 0. The Labute approximate surface area is 200 Å². The van der Waals surface area contributed by atoms with Crippen molar-refractivity contribution >= 4 is 39.0 Å². The van der Waals surface area contributed by atoms with Crippen LogP contribution < -0.4 is 19.8 Å². The summed E-state index contributed by atoms with van der Waals surface area (Å²) in [5, 5.41) is 0.433. The summed E-state index contributed by atoms with van der Waals surface area (Å²) in [6.45, 7) is 2.50. The molecule has 7 heteroatoms. The van der Waals surface area contributed by atoms with E-state index in [1.165, 1.54) is 7.11 Å². The normalized spacial score (nSPS) is 11.2. The minimum absolute atomic E-state index is 0.208. The Morgan fingerprint density at radius 3 is 2.24 bits per heavy atom. The zero-order chi connectivity index (χ0) is 23.4. The molecule has 0 fully saturated rings. The molecule has 0 atom stereocenters. The van der Waals surface area contributed by atoms with Gasteiger partial charge in [-0.25, -0.2) is 4.98 Å². The van der Waals surface area contributed by atoms with Gasteiger partial charge in [0.25, 0.3) is 5.56 Å². The molecule has 0 saturated heterocycles. The van der Waals surface area contributed by atoms with Gasteiger partial charge in [0.2, 0.25) is 0 Å². The molecule has 168 valence electrons. The first kappa shape index (κ1) is 22.6. The van der Waals surface area contributed by atoms with E-state index < -0.39 is 0 Å². The van der Waals surface area contributed by atoms with Gasteiger partial charge in [-0.05, 0) is 61.0 Å². The van der Waals surface area contributed by atoms with E-state index in [4.69, 9.17) is 19.2 Å². The molecular weight excluding hydrogens is 484 g/mol. The number of rotatable bonds is 7. The molecular formula is C26H23BrN2O4. The molecule has 0 aliphatic heterocycles. The predicted molar refractivity (Wildman–Crippen MR) is 135 cm³/mol. The maximum absolute atomic E-state index is 13.6. The Bertz CT molecular complexity index is 1360. The number of methoxy groups -OCH3 is 2. The lowest BCUT2D eigenvalue weighted by molar-refractivity contribution is 0.340. The van der Waals surface area contributed by atoms with Crippen LogP contribution in [0.4, 0.5) is 0 Å². The van der Waals surface area contributed by atoms with Crippen molar-refractivity contribution in [1.29, 1.82) is 0 Å². The first-order valence-corrected chi connectivity index (χ1v) is 11.2. The van der Waals surface area contributed by atoms with Crippen molar-refractivity contribution in [3.05, 3.63) is 86.9 Å². The Morgan fingerprint density at radius 1 is 0.939 bits per heavy atom. The largest absolute Gasteiger partial charge is 0.494 e. The van der Waals surface area contributed by atoms with Crippen molar-refractivity contribution in [3.8, 4) is 22.9 Å². The van der Waals surface area contributed by atoms with Crippen LogP contribution in [-0.4, -0.2) is 30.4 Å². The van der Waals surface area contributed by atoms with Gasteiger partial charge in [0, 0.05) is 10.5 Å². The van der Waals surface area contributed by atoms with Gasteiger partial charge in [-0.2, -0.15) is 0 Å². The molecule has 0 saturated carbocycles. The summed E-state index contributed by atoms with van der Waals surface area (Å²) in [6, 6.07) is 18.6. The van der Waals surface area contributed by atoms with Crippen molar-refractivity contribution in [2.24, 2.45) is 0 Å². The van der Waals surface area contributed by atoms with Crippen molar-refractivity contribution in [2.45, 2.75) is 6.92 Å².